The lowest BCUT2D eigenvalue weighted by molar-refractivity contribution is -0.115. The van der Waals surface area contributed by atoms with Gasteiger partial charge >= 0.3 is 0 Å². The zero-order chi connectivity index (χ0) is 16.8. The molecule has 0 heterocycles. The Bertz CT molecular complexity index is 668. The van der Waals surface area contributed by atoms with Crippen LogP contribution in [0.5, 0.6) is 0 Å². The molecular weight excluding hydrogens is 354 g/mol. The Morgan fingerprint density at radius 1 is 1.13 bits per heavy atom. The van der Waals surface area contributed by atoms with E-state index in [0.29, 0.717) is 13.0 Å². The zero-order valence-electron chi connectivity index (χ0n) is 13.7. The van der Waals surface area contributed by atoms with Crippen LogP contribution < -0.4 is 15.5 Å². The van der Waals surface area contributed by atoms with E-state index in [9.17, 15) is 4.79 Å². The highest BCUT2D eigenvalue weighted by atomic mass is 79.9. The molecule has 0 unspecified atom stereocenters. The van der Waals surface area contributed by atoms with Gasteiger partial charge in [-0.1, -0.05) is 6.07 Å². The van der Waals surface area contributed by atoms with E-state index < -0.39 is 0 Å². The molecule has 5 heteroatoms. The van der Waals surface area contributed by atoms with Crippen molar-refractivity contribution < 1.29 is 4.79 Å². The van der Waals surface area contributed by atoms with Crippen LogP contribution >= 0.6 is 15.9 Å². The number of nitrogens with one attached hydrogen (secondary N) is 2. The minimum Gasteiger partial charge on any atom is -0.385 e. The average molecular weight is 376 g/mol. The van der Waals surface area contributed by atoms with Gasteiger partial charge in [0, 0.05) is 42.9 Å². The highest BCUT2D eigenvalue weighted by molar-refractivity contribution is 9.10. The minimum absolute atomic E-state index is 0.00744. The average Bonchev–Trinajstić information content (AvgIpc) is 2.50. The Kier molecular flexibility index (Phi) is 6.04. The Balaban J connectivity index is 1.80. The van der Waals surface area contributed by atoms with Crippen molar-refractivity contribution in [2.75, 3.05) is 36.2 Å². The first-order chi connectivity index (χ1) is 11.0. The number of hydrogen-bond donors (Lipinski definition) is 2. The Hall–Kier alpha value is -2.01. The molecule has 0 aliphatic rings. The molecule has 0 spiro atoms. The molecule has 2 aromatic rings. The normalized spacial score (nSPS) is 10.3. The van der Waals surface area contributed by atoms with Crippen molar-refractivity contribution in [3.8, 4) is 0 Å². The number of carbonyl (C=O) groups is 1. The van der Waals surface area contributed by atoms with Crippen LogP contribution in [0.3, 0.4) is 0 Å². The number of carbonyl (C=O) groups excluding carboxylic acids is 1. The lowest BCUT2D eigenvalue weighted by Crippen LogP contribution is -2.16. The van der Waals surface area contributed by atoms with Crippen LogP contribution in [0.1, 0.15) is 12.0 Å². The van der Waals surface area contributed by atoms with E-state index in [2.05, 4.69) is 31.5 Å². The van der Waals surface area contributed by atoms with Crippen molar-refractivity contribution in [3.63, 3.8) is 0 Å². The number of anilines is 3. The van der Waals surface area contributed by atoms with Crippen LogP contribution in [0.4, 0.5) is 17.1 Å². The summed E-state index contributed by atoms with van der Waals surface area (Å²) in [6.07, 6.45) is 0.412. The summed E-state index contributed by atoms with van der Waals surface area (Å²) in [7, 11) is 4.02. The van der Waals surface area contributed by atoms with Crippen LogP contribution in [0.25, 0.3) is 0 Å². The quantitative estimate of drug-likeness (QED) is 0.792. The molecule has 0 bridgehead atoms. The molecule has 0 fully saturated rings. The third kappa shape index (κ3) is 5.28. The van der Waals surface area contributed by atoms with Crippen LogP contribution in [0.15, 0.2) is 46.9 Å². The summed E-state index contributed by atoms with van der Waals surface area (Å²) in [5.41, 5.74) is 4.12. The number of hydrogen-bond acceptors (Lipinski definition) is 3. The van der Waals surface area contributed by atoms with Gasteiger partial charge in [-0.15, -0.1) is 0 Å². The molecule has 0 saturated heterocycles. The van der Waals surface area contributed by atoms with Gasteiger partial charge in [0.1, 0.15) is 0 Å². The topological polar surface area (TPSA) is 44.4 Å². The number of benzene rings is 2. The van der Waals surface area contributed by atoms with Gasteiger partial charge in [-0.2, -0.15) is 0 Å². The van der Waals surface area contributed by atoms with Gasteiger partial charge in [-0.05, 0) is 64.8 Å². The van der Waals surface area contributed by atoms with E-state index in [0.717, 1.165) is 27.1 Å². The molecule has 0 saturated carbocycles. The lowest BCUT2D eigenvalue weighted by atomic mass is 10.2. The molecule has 0 radical (unpaired) electrons. The van der Waals surface area contributed by atoms with E-state index >= 15 is 0 Å². The summed E-state index contributed by atoms with van der Waals surface area (Å²) < 4.78 is 0.901. The van der Waals surface area contributed by atoms with E-state index in [4.69, 9.17) is 0 Å². The van der Waals surface area contributed by atoms with E-state index in [1.165, 1.54) is 0 Å². The fourth-order valence-electron chi connectivity index (χ4n) is 2.13. The first-order valence-electron chi connectivity index (χ1n) is 7.53. The summed E-state index contributed by atoms with van der Waals surface area (Å²) in [6.45, 7) is 2.61. The summed E-state index contributed by atoms with van der Waals surface area (Å²) in [6, 6.07) is 14.0. The van der Waals surface area contributed by atoms with Crippen molar-refractivity contribution >= 4 is 38.9 Å². The molecule has 2 N–H and O–H groups in total. The van der Waals surface area contributed by atoms with Gasteiger partial charge in [-0.3, -0.25) is 4.79 Å². The van der Waals surface area contributed by atoms with Crippen molar-refractivity contribution in [2.45, 2.75) is 13.3 Å². The predicted molar refractivity (Wildman–Crippen MR) is 101 cm³/mol. The molecular formula is C18H22BrN3O. The molecule has 0 aromatic heterocycles. The molecule has 2 aromatic carbocycles. The largest absolute Gasteiger partial charge is 0.385 e. The second-order valence-corrected chi connectivity index (χ2v) is 6.50. The number of aryl methyl sites for hydroxylation is 1. The number of amides is 1. The van der Waals surface area contributed by atoms with Crippen LogP contribution in [0.2, 0.25) is 0 Å². The van der Waals surface area contributed by atoms with Crippen LogP contribution in [-0.2, 0) is 4.79 Å². The Morgan fingerprint density at radius 3 is 2.43 bits per heavy atom. The highest BCUT2D eigenvalue weighted by Crippen LogP contribution is 2.23. The fraction of sp³-hybridized carbons (Fsp3) is 0.278. The summed E-state index contributed by atoms with van der Waals surface area (Å²) in [4.78, 5) is 14.1. The van der Waals surface area contributed by atoms with Gasteiger partial charge in [0.25, 0.3) is 0 Å². The number of rotatable bonds is 6. The van der Waals surface area contributed by atoms with E-state index in [-0.39, 0.29) is 5.91 Å². The molecule has 1 amide bonds. The third-order valence-electron chi connectivity index (χ3n) is 3.46. The summed E-state index contributed by atoms with van der Waals surface area (Å²) in [5, 5.41) is 6.18. The maximum absolute atomic E-state index is 12.0. The molecule has 4 nitrogen and oxygen atoms in total. The van der Waals surface area contributed by atoms with Gasteiger partial charge in [0.2, 0.25) is 5.91 Å². The summed E-state index contributed by atoms with van der Waals surface area (Å²) >= 11 is 3.46. The van der Waals surface area contributed by atoms with Crippen LogP contribution in [0, 0.1) is 6.92 Å². The molecule has 2 rings (SSSR count). The minimum atomic E-state index is -0.00744. The van der Waals surface area contributed by atoms with E-state index in [1.54, 1.807) is 0 Å². The first-order valence-corrected chi connectivity index (χ1v) is 8.32. The smallest absolute Gasteiger partial charge is 0.226 e. The molecule has 0 aliphatic heterocycles. The number of halogens is 1. The van der Waals surface area contributed by atoms with Gasteiger partial charge in [0.15, 0.2) is 0 Å². The number of nitrogens with zero attached hydrogens (tertiary/aromatic N) is 1. The summed E-state index contributed by atoms with van der Waals surface area (Å²) in [5.74, 6) is -0.00744. The standard InChI is InChI=1S/C18H22BrN3O/c1-13-4-9-17(16(19)12-13)21-18(23)10-11-20-14-5-7-15(8-6-14)22(2)3/h4-9,12,20H,10-11H2,1-3H3,(H,21,23). The second kappa shape index (κ2) is 8.02. The molecule has 122 valence electrons. The van der Waals surface area contributed by atoms with Crippen molar-refractivity contribution in [3.05, 3.63) is 52.5 Å². The first kappa shape index (κ1) is 17.3. The maximum atomic E-state index is 12.0. The van der Waals surface area contributed by atoms with Gasteiger partial charge in [0.05, 0.1) is 5.69 Å². The molecule has 23 heavy (non-hydrogen) atoms. The van der Waals surface area contributed by atoms with E-state index in [1.807, 2.05) is 63.5 Å². The van der Waals surface area contributed by atoms with Gasteiger partial charge in [-0.25, -0.2) is 0 Å². The van der Waals surface area contributed by atoms with Crippen molar-refractivity contribution in [1.82, 2.24) is 0 Å². The molecule has 0 aliphatic carbocycles. The Morgan fingerprint density at radius 2 is 1.83 bits per heavy atom. The maximum Gasteiger partial charge on any atom is 0.226 e. The van der Waals surface area contributed by atoms with Crippen LogP contribution in [-0.4, -0.2) is 26.5 Å². The van der Waals surface area contributed by atoms with Crippen molar-refractivity contribution in [2.24, 2.45) is 0 Å². The monoisotopic (exact) mass is 375 g/mol. The zero-order valence-corrected chi connectivity index (χ0v) is 15.3. The SMILES string of the molecule is Cc1ccc(NC(=O)CCNc2ccc(N(C)C)cc2)c(Br)c1. The van der Waals surface area contributed by atoms with Gasteiger partial charge < -0.3 is 15.5 Å². The Labute approximate surface area is 146 Å². The molecule has 0 atom stereocenters. The van der Waals surface area contributed by atoms with Crippen molar-refractivity contribution in [1.29, 1.82) is 0 Å². The highest BCUT2D eigenvalue weighted by Gasteiger charge is 2.05. The third-order valence-corrected chi connectivity index (χ3v) is 4.12. The second-order valence-electron chi connectivity index (χ2n) is 5.65. The lowest BCUT2D eigenvalue weighted by Gasteiger charge is -2.13. The fourth-order valence-corrected chi connectivity index (χ4v) is 2.72. The predicted octanol–water partition coefficient (Wildman–Crippen LogP) is 4.26.